The smallest absolute Gasteiger partial charge is 0.309 e. The minimum absolute atomic E-state index is 0.248. The zero-order chi connectivity index (χ0) is 9.26. The molecule has 2 aliphatic carbocycles. The van der Waals surface area contributed by atoms with Crippen LogP contribution < -0.4 is 10.6 Å². The van der Waals surface area contributed by atoms with E-state index in [4.69, 9.17) is 0 Å². The number of carbonyl (C=O) groups excluding carboxylic acids is 2. The molecule has 0 saturated heterocycles. The molecule has 0 heterocycles. The molecule has 2 N–H and O–H groups in total. The van der Waals surface area contributed by atoms with E-state index < -0.39 is 11.8 Å². The molecule has 0 aromatic rings. The summed E-state index contributed by atoms with van der Waals surface area (Å²) in [6.07, 6.45) is 5.23. The SMILES string of the molecule is O=C(NC1CCC1)C(=O)NC1CC1. The number of amides is 2. The first-order chi connectivity index (χ1) is 6.25. The van der Waals surface area contributed by atoms with E-state index in [1.165, 1.54) is 0 Å². The number of rotatable bonds is 2. The van der Waals surface area contributed by atoms with Gasteiger partial charge in [0, 0.05) is 12.1 Å². The lowest BCUT2D eigenvalue weighted by molar-refractivity contribution is -0.140. The van der Waals surface area contributed by atoms with Crippen molar-refractivity contribution < 1.29 is 9.59 Å². The van der Waals surface area contributed by atoms with Gasteiger partial charge in [-0.05, 0) is 32.1 Å². The van der Waals surface area contributed by atoms with Crippen molar-refractivity contribution in [1.82, 2.24) is 10.6 Å². The van der Waals surface area contributed by atoms with E-state index in [-0.39, 0.29) is 12.1 Å². The average molecular weight is 182 g/mol. The van der Waals surface area contributed by atoms with Crippen LogP contribution in [0.25, 0.3) is 0 Å². The van der Waals surface area contributed by atoms with E-state index in [1.54, 1.807) is 0 Å². The van der Waals surface area contributed by atoms with Crippen LogP contribution in [0.15, 0.2) is 0 Å². The fourth-order valence-corrected chi connectivity index (χ4v) is 1.28. The van der Waals surface area contributed by atoms with Gasteiger partial charge >= 0.3 is 11.8 Å². The molecule has 0 spiro atoms. The van der Waals surface area contributed by atoms with Crippen LogP contribution in [0.2, 0.25) is 0 Å². The summed E-state index contributed by atoms with van der Waals surface area (Å²) in [4.78, 5) is 22.3. The maximum Gasteiger partial charge on any atom is 0.309 e. The Labute approximate surface area is 77.1 Å². The van der Waals surface area contributed by atoms with Gasteiger partial charge < -0.3 is 10.6 Å². The van der Waals surface area contributed by atoms with E-state index in [2.05, 4.69) is 10.6 Å². The molecule has 0 unspecified atom stereocenters. The predicted octanol–water partition coefficient (Wildman–Crippen LogP) is -0.0663. The Kier molecular flexibility index (Phi) is 2.20. The molecule has 72 valence electrons. The second kappa shape index (κ2) is 3.36. The van der Waals surface area contributed by atoms with Crippen LogP contribution in [0.5, 0.6) is 0 Å². The monoisotopic (exact) mass is 182 g/mol. The molecule has 0 aromatic carbocycles. The molecule has 0 atom stereocenters. The van der Waals surface area contributed by atoms with E-state index in [0.29, 0.717) is 0 Å². The predicted molar refractivity (Wildman–Crippen MR) is 46.9 cm³/mol. The maximum atomic E-state index is 11.2. The summed E-state index contributed by atoms with van der Waals surface area (Å²) in [6, 6.07) is 0.511. The first kappa shape index (κ1) is 8.53. The minimum Gasteiger partial charge on any atom is -0.345 e. The lowest BCUT2D eigenvalue weighted by atomic mass is 9.93. The average Bonchev–Trinajstić information content (AvgIpc) is 2.79. The van der Waals surface area contributed by atoms with Gasteiger partial charge in [0.2, 0.25) is 0 Å². The number of hydrogen-bond acceptors (Lipinski definition) is 2. The largest absolute Gasteiger partial charge is 0.345 e. The second-order valence-electron chi connectivity index (χ2n) is 3.85. The standard InChI is InChI=1S/C9H14N2O2/c12-8(10-6-2-1-3-6)9(13)11-7-4-5-7/h6-7H,1-5H2,(H,10,12)(H,11,13). The normalized spacial score (nSPS) is 21.8. The summed E-state index contributed by atoms with van der Waals surface area (Å²) in [5, 5.41) is 5.35. The number of hydrogen-bond donors (Lipinski definition) is 2. The molecule has 2 amide bonds. The highest BCUT2D eigenvalue weighted by Gasteiger charge is 2.28. The van der Waals surface area contributed by atoms with Crippen LogP contribution in [0.1, 0.15) is 32.1 Å². The molecule has 13 heavy (non-hydrogen) atoms. The Morgan fingerprint density at radius 1 is 0.846 bits per heavy atom. The zero-order valence-electron chi connectivity index (χ0n) is 7.51. The van der Waals surface area contributed by atoms with Gasteiger partial charge in [0.05, 0.1) is 0 Å². The van der Waals surface area contributed by atoms with Gasteiger partial charge in [-0.25, -0.2) is 0 Å². The molecule has 2 saturated carbocycles. The van der Waals surface area contributed by atoms with Gasteiger partial charge in [-0.3, -0.25) is 9.59 Å². The molecule has 0 aliphatic heterocycles. The third-order valence-corrected chi connectivity index (χ3v) is 2.56. The lowest BCUT2D eigenvalue weighted by Gasteiger charge is -2.25. The maximum absolute atomic E-state index is 11.2. The van der Waals surface area contributed by atoms with E-state index in [9.17, 15) is 9.59 Å². The van der Waals surface area contributed by atoms with Crippen molar-refractivity contribution in [2.24, 2.45) is 0 Å². The van der Waals surface area contributed by atoms with Crippen molar-refractivity contribution in [2.45, 2.75) is 44.2 Å². The molecular weight excluding hydrogens is 168 g/mol. The van der Waals surface area contributed by atoms with Crippen LogP contribution in [0.3, 0.4) is 0 Å². The van der Waals surface area contributed by atoms with Crippen LogP contribution >= 0.6 is 0 Å². The van der Waals surface area contributed by atoms with Gasteiger partial charge in [0.1, 0.15) is 0 Å². The summed E-state index contributed by atoms with van der Waals surface area (Å²) < 4.78 is 0. The fourth-order valence-electron chi connectivity index (χ4n) is 1.28. The Bertz CT molecular complexity index is 232. The summed E-state index contributed by atoms with van der Waals surface area (Å²) in [6.45, 7) is 0. The highest BCUT2D eigenvalue weighted by molar-refractivity contribution is 6.35. The van der Waals surface area contributed by atoms with Crippen molar-refractivity contribution in [1.29, 1.82) is 0 Å². The molecule has 2 fully saturated rings. The molecule has 0 aromatic heterocycles. The fraction of sp³-hybridized carbons (Fsp3) is 0.778. The lowest BCUT2D eigenvalue weighted by Crippen LogP contribution is -2.47. The van der Waals surface area contributed by atoms with Crippen LogP contribution in [0.4, 0.5) is 0 Å². The molecule has 4 heteroatoms. The van der Waals surface area contributed by atoms with Gasteiger partial charge in [-0.2, -0.15) is 0 Å². The van der Waals surface area contributed by atoms with Crippen molar-refractivity contribution in [2.75, 3.05) is 0 Å². The van der Waals surface area contributed by atoms with Gasteiger partial charge in [-0.15, -0.1) is 0 Å². The van der Waals surface area contributed by atoms with Crippen molar-refractivity contribution >= 4 is 11.8 Å². The van der Waals surface area contributed by atoms with Gasteiger partial charge in [0.15, 0.2) is 0 Å². The first-order valence-corrected chi connectivity index (χ1v) is 4.87. The van der Waals surface area contributed by atoms with Crippen molar-refractivity contribution in [3.8, 4) is 0 Å². The van der Waals surface area contributed by atoms with Crippen LogP contribution in [-0.4, -0.2) is 23.9 Å². The van der Waals surface area contributed by atoms with E-state index >= 15 is 0 Å². The quantitative estimate of drug-likeness (QED) is 0.587. The van der Waals surface area contributed by atoms with Crippen molar-refractivity contribution in [3.05, 3.63) is 0 Å². The summed E-state index contributed by atoms with van der Waals surface area (Å²) >= 11 is 0. The minimum atomic E-state index is -0.464. The Morgan fingerprint density at radius 2 is 1.31 bits per heavy atom. The number of nitrogens with one attached hydrogen (secondary N) is 2. The molecule has 0 bridgehead atoms. The topological polar surface area (TPSA) is 58.2 Å². The van der Waals surface area contributed by atoms with Crippen LogP contribution in [-0.2, 0) is 9.59 Å². The summed E-state index contributed by atoms with van der Waals surface area (Å²) in [7, 11) is 0. The third kappa shape index (κ3) is 2.20. The molecule has 2 rings (SSSR count). The molecule has 0 radical (unpaired) electrons. The van der Waals surface area contributed by atoms with Gasteiger partial charge in [-0.1, -0.05) is 0 Å². The molecular formula is C9H14N2O2. The van der Waals surface area contributed by atoms with Gasteiger partial charge in [0.25, 0.3) is 0 Å². The Hall–Kier alpha value is -1.06. The molecule has 2 aliphatic rings. The third-order valence-electron chi connectivity index (χ3n) is 2.56. The summed E-state index contributed by atoms with van der Waals surface area (Å²) in [5.74, 6) is -0.925. The number of carbonyl (C=O) groups is 2. The second-order valence-corrected chi connectivity index (χ2v) is 3.85. The van der Waals surface area contributed by atoms with Crippen molar-refractivity contribution in [3.63, 3.8) is 0 Å². The van der Waals surface area contributed by atoms with E-state index in [0.717, 1.165) is 32.1 Å². The van der Waals surface area contributed by atoms with E-state index in [1.807, 2.05) is 0 Å². The van der Waals surface area contributed by atoms with Crippen LogP contribution in [0, 0.1) is 0 Å². The Morgan fingerprint density at radius 3 is 1.62 bits per heavy atom. The zero-order valence-corrected chi connectivity index (χ0v) is 7.51. The first-order valence-electron chi connectivity index (χ1n) is 4.87. The summed E-state index contributed by atoms with van der Waals surface area (Å²) in [5.41, 5.74) is 0. The highest BCUT2D eigenvalue weighted by atomic mass is 16.2. The Balaban J connectivity index is 1.70. The highest BCUT2D eigenvalue weighted by Crippen LogP contribution is 2.19. The molecule has 4 nitrogen and oxygen atoms in total.